The van der Waals surface area contributed by atoms with Crippen molar-refractivity contribution < 1.29 is 28.2 Å². The molecular weight excluding hydrogens is 426 g/mol. The number of benzene rings is 1. The molecule has 0 aliphatic carbocycles. The first kappa shape index (κ1) is 23.2. The minimum atomic E-state index is -1.07. The number of nitrogens with one attached hydrogen (secondary N) is 2. The van der Waals surface area contributed by atoms with Crippen molar-refractivity contribution in [3.63, 3.8) is 0 Å². The zero-order valence-electron chi connectivity index (χ0n) is 17.7. The third-order valence-electron chi connectivity index (χ3n) is 5.33. The molecule has 2 aromatic rings. The first-order valence-electron chi connectivity index (χ1n) is 9.96. The van der Waals surface area contributed by atoms with Crippen molar-refractivity contribution in [1.29, 1.82) is 0 Å². The van der Waals surface area contributed by atoms with Gasteiger partial charge in [0.1, 0.15) is 17.2 Å². The lowest BCUT2D eigenvalue weighted by atomic mass is 10.1. The van der Waals surface area contributed by atoms with Crippen LogP contribution in [0, 0.1) is 11.6 Å². The number of ether oxygens (including phenoxy) is 1. The molecule has 1 atom stereocenters. The third-order valence-corrected chi connectivity index (χ3v) is 5.33. The van der Waals surface area contributed by atoms with E-state index < -0.39 is 46.7 Å². The van der Waals surface area contributed by atoms with Gasteiger partial charge in [-0.15, -0.1) is 0 Å². The van der Waals surface area contributed by atoms with Crippen LogP contribution in [0.2, 0.25) is 0 Å². The molecule has 0 radical (unpaired) electrons. The van der Waals surface area contributed by atoms with Crippen LogP contribution in [0.5, 0.6) is 5.75 Å². The number of carbonyl (C=O) groups is 2. The summed E-state index contributed by atoms with van der Waals surface area (Å²) in [5.74, 6) is -4.18. The summed E-state index contributed by atoms with van der Waals surface area (Å²) in [5, 5.41) is 12.7. The van der Waals surface area contributed by atoms with Gasteiger partial charge in [-0.2, -0.15) is 0 Å². The Morgan fingerprint density at radius 1 is 1.28 bits per heavy atom. The minimum Gasteiger partial charge on any atom is -0.502 e. The van der Waals surface area contributed by atoms with Crippen LogP contribution in [0.3, 0.4) is 0 Å². The first-order valence-corrected chi connectivity index (χ1v) is 9.96. The van der Waals surface area contributed by atoms with Gasteiger partial charge >= 0.3 is 0 Å². The number of aromatic nitrogens is 1. The Morgan fingerprint density at radius 2 is 1.97 bits per heavy atom. The minimum absolute atomic E-state index is 0.120. The van der Waals surface area contributed by atoms with E-state index in [1.807, 2.05) is 0 Å². The fraction of sp³-hybridized carbons (Fsp3) is 0.381. The highest BCUT2D eigenvalue weighted by Gasteiger charge is 2.27. The van der Waals surface area contributed by atoms with Crippen molar-refractivity contribution in [3.05, 3.63) is 63.1 Å². The first-order chi connectivity index (χ1) is 15.2. The Balaban J connectivity index is 1.93. The number of hydrogen-bond donors (Lipinski definition) is 3. The fourth-order valence-corrected chi connectivity index (χ4v) is 3.40. The molecule has 1 aromatic carbocycles. The molecule has 3 rings (SSSR count). The van der Waals surface area contributed by atoms with E-state index in [9.17, 15) is 28.3 Å². The molecule has 1 aromatic heterocycles. The molecule has 1 unspecified atom stereocenters. The summed E-state index contributed by atoms with van der Waals surface area (Å²) in [6, 6.07) is 3.27. The highest BCUT2D eigenvalue weighted by molar-refractivity contribution is 5.98. The number of aromatic hydroxyl groups is 1. The van der Waals surface area contributed by atoms with E-state index in [1.165, 1.54) is 18.0 Å². The summed E-state index contributed by atoms with van der Waals surface area (Å²) in [4.78, 5) is 39.4. The second-order valence-corrected chi connectivity index (χ2v) is 7.39. The number of pyridine rings is 1. The Labute approximate surface area is 182 Å². The monoisotopic (exact) mass is 450 g/mol. The van der Waals surface area contributed by atoms with Crippen molar-refractivity contribution >= 4 is 11.8 Å². The zero-order valence-corrected chi connectivity index (χ0v) is 17.7. The Bertz CT molecular complexity index is 1070. The van der Waals surface area contributed by atoms with Crippen LogP contribution in [0.15, 0.2) is 29.2 Å². The maximum atomic E-state index is 13.8. The number of fused-ring (bicyclic) bond motifs is 1. The Kier molecular flexibility index (Phi) is 7.08. The van der Waals surface area contributed by atoms with Gasteiger partial charge in [-0.1, -0.05) is 6.07 Å². The summed E-state index contributed by atoms with van der Waals surface area (Å²) in [7, 11) is 3.09. The average molecular weight is 450 g/mol. The van der Waals surface area contributed by atoms with E-state index in [2.05, 4.69) is 10.7 Å². The molecule has 2 amide bonds. The molecule has 172 valence electrons. The summed E-state index contributed by atoms with van der Waals surface area (Å²) < 4.78 is 34.1. The molecule has 9 nitrogen and oxygen atoms in total. The number of methoxy groups -OCH3 is 1. The lowest BCUT2D eigenvalue weighted by Crippen LogP contribution is -2.39. The van der Waals surface area contributed by atoms with E-state index in [1.54, 1.807) is 7.11 Å². The molecule has 0 spiro atoms. The Morgan fingerprint density at radius 3 is 2.62 bits per heavy atom. The lowest BCUT2D eigenvalue weighted by Gasteiger charge is -2.26. The second kappa shape index (κ2) is 9.77. The molecule has 0 saturated heterocycles. The molecule has 32 heavy (non-hydrogen) atoms. The molecule has 11 heteroatoms. The molecule has 0 saturated carbocycles. The van der Waals surface area contributed by atoms with Gasteiger partial charge in [-0.05, 0) is 25.0 Å². The number of hydrogen-bond acceptors (Lipinski definition) is 6. The number of halogens is 2. The van der Waals surface area contributed by atoms with Gasteiger partial charge in [0.25, 0.3) is 11.8 Å². The number of rotatable bonds is 4. The number of nitrogens with zero attached hydrogens (tertiary/aromatic N) is 2. The van der Waals surface area contributed by atoms with Crippen LogP contribution >= 0.6 is 0 Å². The topological polar surface area (TPSA) is 113 Å². The van der Waals surface area contributed by atoms with Crippen molar-refractivity contribution in [1.82, 2.24) is 14.9 Å². The van der Waals surface area contributed by atoms with Gasteiger partial charge in [0.15, 0.2) is 11.4 Å². The smallest absolute Gasteiger partial charge is 0.276 e. The lowest BCUT2D eigenvalue weighted by molar-refractivity contribution is 0.0645. The predicted molar refractivity (Wildman–Crippen MR) is 111 cm³/mol. The summed E-state index contributed by atoms with van der Waals surface area (Å²) in [6.45, 7) is 0.150. The van der Waals surface area contributed by atoms with Gasteiger partial charge in [0, 0.05) is 45.6 Å². The van der Waals surface area contributed by atoms with Gasteiger partial charge in [0.05, 0.1) is 6.10 Å². The molecular formula is C21H24F2N4O5. The van der Waals surface area contributed by atoms with E-state index in [0.29, 0.717) is 25.9 Å². The SMILES string of the molecule is COC1CCNn2cc(C(=O)NCc3c(F)cccc3F)c(=O)c(O)c2C(=O)N(C)CC1. The summed E-state index contributed by atoms with van der Waals surface area (Å²) in [5.41, 5.74) is 0.643. The average Bonchev–Trinajstić information content (AvgIpc) is 2.76. The van der Waals surface area contributed by atoms with E-state index in [-0.39, 0.29) is 17.4 Å². The summed E-state index contributed by atoms with van der Waals surface area (Å²) in [6.07, 6.45) is 2.10. The maximum Gasteiger partial charge on any atom is 0.276 e. The quantitative estimate of drug-likeness (QED) is 0.645. The van der Waals surface area contributed by atoms with E-state index >= 15 is 0 Å². The molecule has 1 aliphatic rings. The summed E-state index contributed by atoms with van der Waals surface area (Å²) >= 11 is 0. The largest absolute Gasteiger partial charge is 0.502 e. The zero-order chi connectivity index (χ0) is 23.4. The van der Waals surface area contributed by atoms with Crippen LogP contribution < -0.4 is 16.2 Å². The Hall–Kier alpha value is -3.47. The van der Waals surface area contributed by atoms with Crippen LogP contribution in [-0.4, -0.2) is 59.8 Å². The molecule has 1 aliphatic heterocycles. The van der Waals surface area contributed by atoms with Crippen molar-refractivity contribution in [2.24, 2.45) is 0 Å². The molecule has 2 heterocycles. The van der Waals surface area contributed by atoms with Crippen molar-refractivity contribution in [2.75, 3.05) is 32.7 Å². The molecule has 0 fully saturated rings. The van der Waals surface area contributed by atoms with Crippen LogP contribution in [0.25, 0.3) is 0 Å². The highest BCUT2D eigenvalue weighted by Crippen LogP contribution is 2.18. The van der Waals surface area contributed by atoms with Gasteiger partial charge in [-0.25, -0.2) is 8.78 Å². The predicted octanol–water partition coefficient (Wildman–Crippen LogP) is 1.19. The van der Waals surface area contributed by atoms with Gasteiger partial charge < -0.3 is 25.5 Å². The van der Waals surface area contributed by atoms with Crippen molar-refractivity contribution in [2.45, 2.75) is 25.5 Å². The van der Waals surface area contributed by atoms with Crippen LogP contribution in [0.1, 0.15) is 39.3 Å². The maximum absolute atomic E-state index is 13.8. The second-order valence-electron chi connectivity index (χ2n) is 7.39. The normalized spacial score (nSPS) is 16.8. The molecule has 3 N–H and O–H groups in total. The van der Waals surface area contributed by atoms with Crippen LogP contribution in [-0.2, 0) is 11.3 Å². The number of amides is 2. The van der Waals surface area contributed by atoms with Gasteiger partial charge in [-0.3, -0.25) is 19.1 Å². The highest BCUT2D eigenvalue weighted by atomic mass is 19.1. The third kappa shape index (κ3) is 4.72. The number of carbonyl (C=O) groups excluding carboxylic acids is 2. The molecule has 0 bridgehead atoms. The van der Waals surface area contributed by atoms with Gasteiger partial charge in [0.2, 0.25) is 5.43 Å². The standard InChI is InChI=1S/C21H24F2N4O5/c1-26-9-7-12(32-2)6-8-25-27-11-14(18(28)19(29)17(27)21(26)31)20(30)24-10-13-15(22)4-3-5-16(13)23/h3-5,11-12,25,29H,6-10H2,1-2H3,(H,24,30). The fourth-order valence-electron chi connectivity index (χ4n) is 3.40. The van der Waals surface area contributed by atoms with Crippen LogP contribution in [0.4, 0.5) is 8.78 Å². The van der Waals surface area contributed by atoms with Crippen molar-refractivity contribution in [3.8, 4) is 5.75 Å². The van der Waals surface area contributed by atoms with E-state index in [4.69, 9.17) is 4.74 Å². The van der Waals surface area contributed by atoms with E-state index in [0.717, 1.165) is 23.0 Å².